The van der Waals surface area contributed by atoms with E-state index in [2.05, 4.69) is 30.8 Å². The Hall–Kier alpha value is -2.28. The molecule has 0 radical (unpaired) electrons. The van der Waals surface area contributed by atoms with Gasteiger partial charge in [0, 0.05) is 36.4 Å². The molecule has 3 heterocycles. The number of anilines is 1. The van der Waals surface area contributed by atoms with Gasteiger partial charge >= 0.3 is 0 Å². The standard InChI is InChI=1S/C20H20BrFN4O/c1-13-24-18-10-16(22)3-4-17(18)20(27)26(13)12-14-6-8-25(9-7-14)19-5-2-15(21)11-23-19/h2-5,10-11,14H,6-9,12H2,1H3. The minimum Gasteiger partial charge on any atom is -0.357 e. The Labute approximate surface area is 165 Å². The van der Waals surface area contributed by atoms with Crippen molar-refractivity contribution in [2.24, 2.45) is 5.92 Å². The number of nitrogens with zero attached hydrogens (tertiary/aromatic N) is 4. The molecule has 0 bridgehead atoms. The number of pyridine rings is 1. The molecular weight excluding hydrogens is 411 g/mol. The number of benzene rings is 1. The summed E-state index contributed by atoms with van der Waals surface area (Å²) in [5.41, 5.74) is 0.333. The van der Waals surface area contributed by atoms with Gasteiger partial charge in [0.1, 0.15) is 17.5 Å². The highest BCUT2D eigenvalue weighted by molar-refractivity contribution is 9.10. The van der Waals surface area contributed by atoms with Gasteiger partial charge in [-0.05, 0) is 65.9 Å². The van der Waals surface area contributed by atoms with Crippen LogP contribution in [0.4, 0.5) is 10.2 Å². The summed E-state index contributed by atoms with van der Waals surface area (Å²) in [6, 6.07) is 8.18. The van der Waals surface area contributed by atoms with E-state index in [0.29, 0.717) is 29.2 Å². The summed E-state index contributed by atoms with van der Waals surface area (Å²) in [6.07, 6.45) is 3.80. The van der Waals surface area contributed by atoms with E-state index in [1.54, 1.807) is 4.57 Å². The maximum absolute atomic E-state index is 13.4. The average molecular weight is 431 g/mol. The molecule has 0 saturated carbocycles. The molecule has 1 aromatic carbocycles. The van der Waals surface area contributed by atoms with Crippen molar-refractivity contribution in [3.8, 4) is 0 Å². The fraction of sp³-hybridized carbons (Fsp3) is 0.350. The molecular formula is C20H20BrFN4O. The van der Waals surface area contributed by atoms with Crippen molar-refractivity contribution in [2.75, 3.05) is 18.0 Å². The SMILES string of the molecule is Cc1nc2cc(F)ccc2c(=O)n1CC1CCN(c2ccc(Br)cn2)CC1. The summed E-state index contributed by atoms with van der Waals surface area (Å²) in [4.78, 5) is 24.0. The minimum absolute atomic E-state index is 0.0884. The predicted molar refractivity (Wildman–Crippen MR) is 108 cm³/mol. The lowest BCUT2D eigenvalue weighted by Gasteiger charge is -2.33. The number of fused-ring (bicyclic) bond motifs is 1. The van der Waals surface area contributed by atoms with Gasteiger partial charge in [-0.15, -0.1) is 0 Å². The van der Waals surface area contributed by atoms with Crippen LogP contribution in [0.2, 0.25) is 0 Å². The summed E-state index contributed by atoms with van der Waals surface area (Å²) in [5.74, 6) is 1.66. The number of aromatic nitrogens is 3. The van der Waals surface area contributed by atoms with Gasteiger partial charge < -0.3 is 4.90 Å². The summed E-state index contributed by atoms with van der Waals surface area (Å²) in [5, 5.41) is 0.471. The van der Waals surface area contributed by atoms with Crippen LogP contribution >= 0.6 is 15.9 Å². The molecule has 3 aromatic rings. The molecule has 0 amide bonds. The third-order valence-corrected chi connectivity index (χ3v) is 5.67. The van der Waals surface area contributed by atoms with Crippen LogP contribution in [0.3, 0.4) is 0 Å². The summed E-state index contributed by atoms with van der Waals surface area (Å²) >= 11 is 3.41. The number of piperidine rings is 1. The van der Waals surface area contributed by atoms with Crippen LogP contribution in [-0.2, 0) is 6.54 Å². The third kappa shape index (κ3) is 3.74. The first kappa shape index (κ1) is 18.1. The van der Waals surface area contributed by atoms with Crippen molar-refractivity contribution in [3.05, 3.63) is 63.0 Å². The highest BCUT2D eigenvalue weighted by Crippen LogP contribution is 2.24. The van der Waals surface area contributed by atoms with E-state index in [9.17, 15) is 9.18 Å². The van der Waals surface area contributed by atoms with Crippen LogP contribution in [0.15, 0.2) is 45.8 Å². The van der Waals surface area contributed by atoms with Crippen LogP contribution in [0.5, 0.6) is 0 Å². The Kier molecular flexibility index (Phi) is 4.95. The van der Waals surface area contributed by atoms with Crippen molar-refractivity contribution < 1.29 is 4.39 Å². The van der Waals surface area contributed by atoms with Gasteiger partial charge in [-0.25, -0.2) is 14.4 Å². The maximum Gasteiger partial charge on any atom is 0.261 e. The Morgan fingerprint density at radius 3 is 2.70 bits per heavy atom. The smallest absolute Gasteiger partial charge is 0.261 e. The first-order chi connectivity index (χ1) is 13.0. The molecule has 1 saturated heterocycles. The molecule has 2 aromatic heterocycles. The van der Waals surface area contributed by atoms with Crippen LogP contribution in [0, 0.1) is 18.7 Å². The molecule has 5 nitrogen and oxygen atoms in total. The molecule has 27 heavy (non-hydrogen) atoms. The average Bonchev–Trinajstić information content (AvgIpc) is 2.66. The lowest BCUT2D eigenvalue weighted by Crippen LogP contribution is -2.37. The lowest BCUT2D eigenvalue weighted by atomic mass is 9.96. The van der Waals surface area contributed by atoms with Crippen molar-refractivity contribution in [2.45, 2.75) is 26.3 Å². The van der Waals surface area contributed by atoms with E-state index in [1.807, 2.05) is 25.3 Å². The third-order valence-electron chi connectivity index (χ3n) is 5.20. The number of rotatable bonds is 3. The van der Waals surface area contributed by atoms with Crippen LogP contribution in [-0.4, -0.2) is 27.6 Å². The summed E-state index contributed by atoms with van der Waals surface area (Å²) < 4.78 is 16.1. The number of hydrogen-bond donors (Lipinski definition) is 0. The maximum atomic E-state index is 13.4. The van der Waals surface area contributed by atoms with Gasteiger partial charge in [-0.1, -0.05) is 0 Å². The Morgan fingerprint density at radius 1 is 1.22 bits per heavy atom. The van der Waals surface area contributed by atoms with Crippen molar-refractivity contribution in [1.82, 2.24) is 14.5 Å². The lowest BCUT2D eigenvalue weighted by molar-refractivity contribution is 0.348. The Balaban J connectivity index is 1.50. The van der Waals surface area contributed by atoms with E-state index >= 15 is 0 Å². The second-order valence-electron chi connectivity index (χ2n) is 7.00. The topological polar surface area (TPSA) is 51.0 Å². The van der Waals surface area contributed by atoms with Gasteiger partial charge in [0.15, 0.2) is 0 Å². The molecule has 0 spiro atoms. The predicted octanol–water partition coefficient (Wildman–Crippen LogP) is 3.92. The van der Waals surface area contributed by atoms with E-state index in [0.717, 1.165) is 36.2 Å². The largest absolute Gasteiger partial charge is 0.357 e. The Bertz CT molecular complexity index is 1030. The second-order valence-corrected chi connectivity index (χ2v) is 7.92. The molecule has 1 fully saturated rings. The Morgan fingerprint density at radius 2 is 2.00 bits per heavy atom. The number of halogens is 2. The number of aryl methyl sites for hydroxylation is 1. The van der Waals surface area contributed by atoms with E-state index in [-0.39, 0.29) is 11.4 Å². The normalized spacial score (nSPS) is 15.4. The van der Waals surface area contributed by atoms with Crippen molar-refractivity contribution in [3.63, 3.8) is 0 Å². The zero-order valence-electron chi connectivity index (χ0n) is 15.0. The molecule has 0 unspecified atom stereocenters. The van der Waals surface area contributed by atoms with E-state index in [4.69, 9.17) is 0 Å². The highest BCUT2D eigenvalue weighted by atomic mass is 79.9. The highest BCUT2D eigenvalue weighted by Gasteiger charge is 2.22. The quantitative estimate of drug-likeness (QED) is 0.631. The van der Waals surface area contributed by atoms with Crippen molar-refractivity contribution in [1.29, 1.82) is 0 Å². The van der Waals surface area contributed by atoms with Gasteiger partial charge in [-0.3, -0.25) is 9.36 Å². The molecule has 0 aliphatic carbocycles. The first-order valence-corrected chi connectivity index (χ1v) is 9.84. The monoisotopic (exact) mass is 430 g/mol. The van der Waals surface area contributed by atoms with Gasteiger partial charge in [0.05, 0.1) is 10.9 Å². The first-order valence-electron chi connectivity index (χ1n) is 9.04. The van der Waals surface area contributed by atoms with E-state index < -0.39 is 0 Å². The summed E-state index contributed by atoms with van der Waals surface area (Å²) in [7, 11) is 0. The van der Waals surface area contributed by atoms with Gasteiger partial charge in [-0.2, -0.15) is 0 Å². The molecule has 0 N–H and O–H groups in total. The molecule has 1 aliphatic rings. The molecule has 7 heteroatoms. The number of hydrogen-bond acceptors (Lipinski definition) is 4. The zero-order chi connectivity index (χ0) is 19.0. The van der Waals surface area contributed by atoms with E-state index in [1.165, 1.54) is 18.2 Å². The fourth-order valence-electron chi connectivity index (χ4n) is 3.68. The minimum atomic E-state index is -0.375. The summed E-state index contributed by atoms with van der Waals surface area (Å²) in [6.45, 7) is 4.29. The molecule has 140 valence electrons. The zero-order valence-corrected chi connectivity index (χ0v) is 16.6. The van der Waals surface area contributed by atoms with Crippen LogP contribution < -0.4 is 10.5 Å². The molecule has 1 aliphatic heterocycles. The van der Waals surface area contributed by atoms with Gasteiger partial charge in [0.2, 0.25) is 0 Å². The fourth-order valence-corrected chi connectivity index (χ4v) is 3.91. The van der Waals surface area contributed by atoms with Crippen LogP contribution in [0.25, 0.3) is 10.9 Å². The van der Waals surface area contributed by atoms with Crippen molar-refractivity contribution >= 4 is 32.7 Å². The molecule has 0 atom stereocenters. The van der Waals surface area contributed by atoms with Gasteiger partial charge in [0.25, 0.3) is 5.56 Å². The van der Waals surface area contributed by atoms with Crippen LogP contribution in [0.1, 0.15) is 18.7 Å². The second kappa shape index (κ2) is 7.38. The molecule has 4 rings (SSSR count).